The second kappa shape index (κ2) is 3.72. The molecule has 1 aliphatic rings. The van der Waals surface area contributed by atoms with Crippen molar-refractivity contribution >= 4 is 0 Å². The molecule has 0 amide bonds. The molecule has 0 aliphatic heterocycles. The van der Waals surface area contributed by atoms with Crippen molar-refractivity contribution in [1.82, 2.24) is 0 Å². The smallest absolute Gasteiger partial charge is 0.0776 e. The van der Waals surface area contributed by atoms with Crippen LogP contribution < -0.4 is 0 Å². The summed E-state index contributed by atoms with van der Waals surface area (Å²) in [6.07, 6.45) is 7.26. The van der Waals surface area contributed by atoms with Crippen molar-refractivity contribution in [2.75, 3.05) is 0 Å². The lowest BCUT2D eigenvalue weighted by molar-refractivity contribution is 0.135. The fourth-order valence-electron chi connectivity index (χ4n) is 1.51. The summed E-state index contributed by atoms with van der Waals surface area (Å²) in [5.74, 6) is 0.414. The van der Waals surface area contributed by atoms with Gasteiger partial charge < -0.3 is 5.11 Å². The summed E-state index contributed by atoms with van der Waals surface area (Å²) in [4.78, 5) is 0. The molecule has 1 N–H and O–H groups in total. The van der Waals surface area contributed by atoms with Gasteiger partial charge >= 0.3 is 0 Å². The normalized spacial score (nSPS) is 26.5. The van der Waals surface area contributed by atoms with Gasteiger partial charge in [0.2, 0.25) is 0 Å². The fraction of sp³-hybridized carbons (Fsp3) is 0.600. The molecule has 1 aliphatic carbocycles. The van der Waals surface area contributed by atoms with Gasteiger partial charge in [-0.1, -0.05) is 24.3 Å². The van der Waals surface area contributed by atoms with Gasteiger partial charge in [-0.15, -0.1) is 0 Å². The summed E-state index contributed by atoms with van der Waals surface area (Å²) >= 11 is 0. The van der Waals surface area contributed by atoms with Crippen LogP contribution in [0.3, 0.4) is 0 Å². The Hall–Kier alpha value is -0.560. The van der Waals surface area contributed by atoms with Gasteiger partial charge in [-0.25, -0.2) is 0 Å². The Morgan fingerprint density at radius 1 is 1.64 bits per heavy atom. The summed E-state index contributed by atoms with van der Waals surface area (Å²) in [7, 11) is 0. The first-order chi connectivity index (χ1) is 5.22. The van der Waals surface area contributed by atoms with Gasteiger partial charge in [-0.3, -0.25) is 0 Å². The summed E-state index contributed by atoms with van der Waals surface area (Å²) in [6.45, 7) is 5.65. The predicted molar refractivity (Wildman–Crippen MR) is 47.3 cm³/mol. The molecule has 11 heavy (non-hydrogen) atoms. The highest BCUT2D eigenvalue weighted by atomic mass is 16.3. The second-order valence-electron chi connectivity index (χ2n) is 3.34. The number of rotatable bonds is 2. The molecular formula is C10H16O. The summed E-state index contributed by atoms with van der Waals surface area (Å²) in [5, 5.41) is 9.62. The number of aliphatic hydroxyl groups is 1. The second-order valence-corrected chi connectivity index (χ2v) is 3.34. The van der Waals surface area contributed by atoms with E-state index in [9.17, 15) is 5.11 Å². The predicted octanol–water partition coefficient (Wildman–Crippen LogP) is 2.28. The van der Waals surface area contributed by atoms with Crippen LogP contribution in [0.5, 0.6) is 0 Å². The van der Waals surface area contributed by atoms with Crippen LogP contribution in [0.25, 0.3) is 0 Å². The molecule has 0 saturated carbocycles. The molecule has 0 spiro atoms. The van der Waals surface area contributed by atoms with E-state index in [-0.39, 0.29) is 6.10 Å². The van der Waals surface area contributed by atoms with E-state index < -0.39 is 0 Å². The Kier molecular flexibility index (Phi) is 2.89. The lowest BCUT2D eigenvalue weighted by Gasteiger charge is -2.23. The monoisotopic (exact) mass is 152 g/mol. The van der Waals surface area contributed by atoms with Gasteiger partial charge in [0, 0.05) is 0 Å². The zero-order valence-electron chi connectivity index (χ0n) is 7.09. The summed E-state index contributed by atoms with van der Waals surface area (Å²) < 4.78 is 0. The van der Waals surface area contributed by atoms with E-state index in [1.165, 1.54) is 0 Å². The number of allylic oxidation sites excluding steroid dienone is 2. The quantitative estimate of drug-likeness (QED) is 0.602. The van der Waals surface area contributed by atoms with Crippen molar-refractivity contribution in [2.24, 2.45) is 5.92 Å². The molecule has 1 rings (SSSR count). The third-order valence-electron chi connectivity index (χ3n) is 2.26. The molecule has 1 nitrogen and oxygen atoms in total. The molecule has 0 unspecified atom stereocenters. The van der Waals surface area contributed by atoms with Crippen molar-refractivity contribution in [3.63, 3.8) is 0 Å². The topological polar surface area (TPSA) is 20.2 Å². The third kappa shape index (κ3) is 2.19. The van der Waals surface area contributed by atoms with Crippen LogP contribution in [0.4, 0.5) is 0 Å². The lowest BCUT2D eigenvalue weighted by Crippen LogP contribution is -2.21. The van der Waals surface area contributed by atoms with Crippen molar-refractivity contribution < 1.29 is 5.11 Å². The summed E-state index contributed by atoms with van der Waals surface area (Å²) in [5.41, 5.74) is 0.894. The largest absolute Gasteiger partial charge is 0.388 e. The van der Waals surface area contributed by atoms with E-state index in [4.69, 9.17) is 0 Å². The molecule has 0 aromatic heterocycles. The van der Waals surface area contributed by atoms with E-state index >= 15 is 0 Å². The van der Waals surface area contributed by atoms with Gasteiger partial charge in [-0.2, -0.15) is 0 Å². The molecule has 0 saturated heterocycles. The van der Waals surface area contributed by atoms with Crippen LogP contribution in [0.15, 0.2) is 24.3 Å². The maximum atomic E-state index is 9.62. The van der Waals surface area contributed by atoms with Crippen LogP contribution in [0.2, 0.25) is 0 Å². The lowest BCUT2D eigenvalue weighted by atomic mass is 9.87. The molecule has 0 radical (unpaired) electrons. The van der Waals surface area contributed by atoms with E-state index in [0.717, 1.165) is 24.8 Å². The molecule has 0 heterocycles. The summed E-state index contributed by atoms with van der Waals surface area (Å²) in [6, 6.07) is 0. The van der Waals surface area contributed by atoms with Crippen LogP contribution in [-0.2, 0) is 0 Å². The Labute approximate surface area is 68.4 Å². The van der Waals surface area contributed by atoms with Crippen LogP contribution in [0.1, 0.15) is 26.2 Å². The maximum Gasteiger partial charge on any atom is 0.0776 e. The van der Waals surface area contributed by atoms with Gasteiger partial charge in [-0.05, 0) is 32.1 Å². The first kappa shape index (κ1) is 8.54. The molecular weight excluding hydrogens is 136 g/mol. The standard InChI is InChI=1S/C10H16O/c1-8(2)10(11)9-6-4-3-5-7-9/h3-4,9-11H,1,5-7H2,2H3/t9-,10-/m1/s1. The average Bonchev–Trinajstić information content (AvgIpc) is 2.05. The zero-order chi connectivity index (χ0) is 8.27. The Morgan fingerprint density at radius 3 is 2.82 bits per heavy atom. The van der Waals surface area contributed by atoms with Gasteiger partial charge in [0.15, 0.2) is 0 Å². The Bertz CT molecular complexity index is 170. The Balaban J connectivity index is 2.46. The highest BCUT2D eigenvalue weighted by molar-refractivity contribution is 5.03. The highest BCUT2D eigenvalue weighted by Crippen LogP contribution is 2.24. The van der Waals surface area contributed by atoms with Crippen molar-refractivity contribution in [3.8, 4) is 0 Å². The van der Waals surface area contributed by atoms with Crippen LogP contribution in [-0.4, -0.2) is 11.2 Å². The fourth-order valence-corrected chi connectivity index (χ4v) is 1.51. The van der Waals surface area contributed by atoms with Gasteiger partial charge in [0.25, 0.3) is 0 Å². The van der Waals surface area contributed by atoms with E-state index in [1.54, 1.807) is 0 Å². The van der Waals surface area contributed by atoms with Crippen molar-refractivity contribution in [1.29, 1.82) is 0 Å². The van der Waals surface area contributed by atoms with Crippen molar-refractivity contribution in [3.05, 3.63) is 24.3 Å². The molecule has 2 atom stereocenters. The minimum atomic E-state index is -0.292. The Morgan fingerprint density at radius 2 is 2.36 bits per heavy atom. The van der Waals surface area contributed by atoms with Crippen LogP contribution >= 0.6 is 0 Å². The highest BCUT2D eigenvalue weighted by Gasteiger charge is 2.19. The number of hydrogen-bond donors (Lipinski definition) is 1. The zero-order valence-corrected chi connectivity index (χ0v) is 7.09. The van der Waals surface area contributed by atoms with E-state index in [2.05, 4.69) is 18.7 Å². The SMILES string of the molecule is C=C(C)[C@@H](O)[C@@H]1CC=CCC1. The average molecular weight is 152 g/mol. The molecule has 0 aromatic carbocycles. The van der Waals surface area contributed by atoms with Crippen molar-refractivity contribution in [2.45, 2.75) is 32.3 Å². The molecule has 62 valence electrons. The minimum absolute atomic E-state index is 0.292. The maximum absolute atomic E-state index is 9.62. The number of aliphatic hydroxyl groups excluding tert-OH is 1. The minimum Gasteiger partial charge on any atom is -0.388 e. The van der Waals surface area contributed by atoms with E-state index in [0.29, 0.717) is 5.92 Å². The molecule has 0 fully saturated rings. The molecule has 0 aromatic rings. The van der Waals surface area contributed by atoms with Crippen LogP contribution in [0, 0.1) is 5.92 Å². The first-order valence-electron chi connectivity index (χ1n) is 4.20. The van der Waals surface area contributed by atoms with Gasteiger partial charge in [0.05, 0.1) is 6.10 Å². The van der Waals surface area contributed by atoms with Gasteiger partial charge in [0.1, 0.15) is 0 Å². The third-order valence-corrected chi connectivity index (χ3v) is 2.26. The molecule has 1 heteroatoms. The molecule has 0 bridgehead atoms. The van der Waals surface area contributed by atoms with E-state index in [1.807, 2.05) is 6.92 Å². The first-order valence-corrected chi connectivity index (χ1v) is 4.20. The number of hydrogen-bond acceptors (Lipinski definition) is 1.